The van der Waals surface area contributed by atoms with Crippen LogP contribution in [-0.2, 0) is 28.5 Å². The van der Waals surface area contributed by atoms with Crippen molar-refractivity contribution in [2.45, 2.75) is 165 Å². The van der Waals surface area contributed by atoms with Crippen molar-refractivity contribution in [3.05, 3.63) is 59.7 Å². The third-order valence-corrected chi connectivity index (χ3v) is 10.8. The molecule has 0 spiro atoms. The van der Waals surface area contributed by atoms with Gasteiger partial charge in [-0.25, -0.2) is 9.59 Å². The fourth-order valence-corrected chi connectivity index (χ4v) is 7.39. The van der Waals surface area contributed by atoms with Gasteiger partial charge in [0.05, 0.1) is 17.7 Å². The first kappa shape index (κ1) is 47.2. The molecule has 0 bridgehead atoms. The lowest BCUT2D eigenvalue weighted by Gasteiger charge is -2.45. The number of hydrogen-bond acceptors (Lipinski definition) is 14. The number of ether oxygens (including phenoxy) is 5. The zero-order valence-corrected chi connectivity index (χ0v) is 33.3. The van der Waals surface area contributed by atoms with Crippen molar-refractivity contribution < 1.29 is 73.8 Å². The van der Waals surface area contributed by atoms with E-state index in [0.29, 0.717) is 6.42 Å². The number of carboxylic acids is 1. The SMILES string of the molecule is CCCCCCCCCCCCCCCCC(=O)OC[C@H]1O[C@@H](O[C@H]2[C@H](O)[C@@H](O)[C@H](O)O[C@@H]2CO)[C@H](O)[C@@H](O)[C@@H]1OC(=O)c1ccccc1-c1ccccc1C(=O)O. The fraction of sp³-hybridized carbons (Fsp3) is 0.651. The van der Waals surface area contributed by atoms with E-state index in [-0.39, 0.29) is 28.7 Å². The molecule has 7 N–H and O–H groups in total. The molecule has 2 fully saturated rings. The van der Waals surface area contributed by atoms with Gasteiger partial charge in [-0.05, 0) is 29.7 Å². The molecular weight excluding hydrogens is 756 g/mol. The maximum absolute atomic E-state index is 13.8. The number of aromatic carboxylic acids is 1. The third-order valence-electron chi connectivity index (χ3n) is 10.8. The van der Waals surface area contributed by atoms with Crippen molar-refractivity contribution in [2.75, 3.05) is 13.2 Å². The second-order valence-electron chi connectivity index (χ2n) is 15.1. The van der Waals surface area contributed by atoms with Crippen LogP contribution in [0.2, 0.25) is 0 Å². The van der Waals surface area contributed by atoms with Crippen molar-refractivity contribution in [3.8, 4) is 11.1 Å². The number of benzene rings is 2. The Balaban J connectivity index is 1.38. The lowest BCUT2D eigenvalue weighted by molar-refractivity contribution is -0.354. The second-order valence-corrected chi connectivity index (χ2v) is 15.1. The van der Waals surface area contributed by atoms with Crippen LogP contribution < -0.4 is 0 Å². The average Bonchev–Trinajstić information content (AvgIpc) is 3.22. The van der Waals surface area contributed by atoms with Crippen LogP contribution in [0.15, 0.2) is 48.5 Å². The van der Waals surface area contributed by atoms with Crippen LogP contribution in [0.25, 0.3) is 11.1 Å². The Hall–Kier alpha value is -3.51. The summed E-state index contributed by atoms with van der Waals surface area (Å²) >= 11 is 0. The van der Waals surface area contributed by atoms with Crippen molar-refractivity contribution in [2.24, 2.45) is 0 Å². The first-order valence-corrected chi connectivity index (χ1v) is 20.7. The Labute approximate surface area is 339 Å². The van der Waals surface area contributed by atoms with Crippen molar-refractivity contribution in [1.29, 1.82) is 0 Å². The molecule has 324 valence electrons. The maximum atomic E-state index is 13.8. The molecule has 2 heterocycles. The van der Waals surface area contributed by atoms with Crippen molar-refractivity contribution >= 4 is 17.9 Å². The molecule has 2 aliphatic rings. The van der Waals surface area contributed by atoms with Crippen LogP contribution in [0.1, 0.15) is 124 Å². The normalized spacial score (nSPS) is 27.2. The zero-order chi connectivity index (χ0) is 42.0. The van der Waals surface area contributed by atoms with Gasteiger partial charge in [0.1, 0.15) is 49.3 Å². The largest absolute Gasteiger partial charge is 0.478 e. The summed E-state index contributed by atoms with van der Waals surface area (Å²) in [5, 5.41) is 72.8. The number of unbranched alkanes of at least 4 members (excludes halogenated alkanes) is 13. The summed E-state index contributed by atoms with van der Waals surface area (Å²) in [6.07, 6.45) is -1.01. The molecule has 0 amide bonds. The summed E-state index contributed by atoms with van der Waals surface area (Å²) in [5.74, 6) is -2.81. The monoisotopic (exact) mass is 818 g/mol. The van der Waals surface area contributed by atoms with Gasteiger partial charge in [0.25, 0.3) is 0 Å². The molecule has 2 aromatic carbocycles. The van der Waals surface area contributed by atoms with E-state index >= 15 is 0 Å². The molecule has 0 saturated carbocycles. The van der Waals surface area contributed by atoms with Gasteiger partial charge in [-0.1, -0.05) is 127 Å². The van der Waals surface area contributed by atoms with Crippen LogP contribution >= 0.6 is 0 Å². The van der Waals surface area contributed by atoms with Gasteiger partial charge in [0.15, 0.2) is 18.7 Å². The van der Waals surface area contributed by atoms with Crippen molar-refractivity contribution in [3.63, 3.8) is 0 Å². The number of rotatable bonds is 24. The Morgan fingerprint density at radius 2 is 1.14 bits per heavy atom. The van der Waals surface area contributed by atoms with Crippen LogP contribution in [0.5, 0.6) is 0 Å². The van der Waals surface area contributed by atoms with Crippen molar-refractivity contribution in [1.82, 2.24) is 0 Å². The minimum Gasteiger partial charge on any atom is -0.478 e. The summed E-state index contributed by atoms with van der Waals surface area (Å²) in [7, 11) is 0. The highest BCUT2D eigenvalue weighted by atomic mass is 16.7. The van der Waals surface area contributed by atoms with Gasteiger partial charge in [-0.3, -0.25) is 4.79 Å². The molecule has 58 heavy (non-hydrogen) atoms. The lowest BCUT2D eigenvalue weighted by atomic mass is 9.95. The molecule has 15 nitrogen and oxygen atoms in total. The predicted octanol–water partition coefficient (Wildman–Crippen LogP) is 4.26. The first-order valence-electron chi connectivity index (χ1n) is 20.7. The summed E-state index contributed by atoms with van der Waals surface area (Å²) < 4.78 is 28.0. The smallest absolute Gasteiger partial charge is 0.339 e. The molecule has 15 heteroatoms. The number of aliphatic hydroxyl groups is 6. The average molecular weight is 819 g/mol. The van der Waals surface area contributed by atoms with E-state index in [4.69, 9.17) is 23.7 Å². The van der Waals surface area contributed by atoms with Crippen LogP contribution in [-0.4, -0.2) is 128 Å². The molecular formula is C43H62O15. The standard InChI is InChI=1S/C43H62O15/c1-2-3-4-5-6-7-8-9-10-11-12-13-14-15-24-33(45)54-26-32-39(35(47)37(49)43(56-32)58-38-31(25-44)55-42(53)36(48)34(38)46)57-41(52)30-23-19-17-21-28(30)27-20-16-18-22-29(27)40(50)51/h16-23,31-32,34-39,42-44,46-49,53H,2-15,24-26H2,1H3,(H,50,51)/t31-,32-,34-,35-,36-,37-,38-,39-,42-,43+/m1/s1. The minimum absolute atomic E-state index is 0.0642. The van der Waals surface area contributed by atoms with E-state index in [9.17, 15) is 50.1 Å². The van der Waals surface area contributed by atoms with E-state index in [1.165, 1.54) is 88.1 Å². The molecule has 10 atom stereocenters. The van der Waals surface area contributed by atoms with Crippen LogP contribution in [0, 0.1) is 0 Å². The van der Waals surface area contributed by atoms with E-state index in [1.807, 2.05) is 0 Å². The first-order chi connectivity index (χ1) is 28.0. The highest BCUT2D eigenvalue weighted by Gasteiger charge is 2.52. The lowest BCUT2D eigenvalue weighted by Crippen LogP contribution is -2.65. The van der Waals surface area contributed by atoms with Gasteiger partial charge < -0.3 is 59.4 Å². The summed E-state index contributed by atoms with van der Waals surface area (Å²) in [6.45, 7) is 0.889. The fourth-order valence-electron chi connectivity index (χ4n) is 7.39. The highest BCUT2D eigenvalue weighted by molar-refractivity contribution is 6.02. The molecule has 0 aromatic heterocycles. The molecule has 0 unspecified atom stereocenters. The van der Waals surface area contributed by atoms with E-state index in [0.717, 1.165) is 25.7 Å². The zero-order valence-electron chi connectivity index (χ0n) is 33.3. The summed E-state index contributed by atoms with van der Waals surface area (Å²) in [4.78, 5) is 38.7. The minimum atomic E-state index is -1.96. The Morgan fingerprint density at radius 3 is 1.71 bits per heavy atom. The second kappa shape index (κ2) is 24.5. The van der Waals surface area contributed by atoms with Gasteiger partial charge in [0.2, 0.25) is 0 Å². The number of carbonyl (C=O) groups excluding carboxylic acids is 2. The number of hydrogen-bond donors (Lipinski definition) is 7. The third kappa shape index (κ3) is 13.5. The predicted molar refractivity (Wildman–Crippen MR) is 209 cm³/mol. The number of carbonyl (C=O) groups is 3. The van der Waals surface area contributed by atoms with E-state index in [1.54, 1.807) is 18.2 Å². The van der Waals surface area contributed by atoms with Crippen LogP contribution in [0.4, 0.5) is 0 Å². The summed E-state index contributed by atoms with van der Waals surface area (Å²) in [6, 6.07) is 12.1. The van der Waals surface area contributed by atoms with Gasteiger partial charge in [-0.2, -0.15) is 0 Å². The Morgan fingerprint density at radius 1 is 0.621 bits per heavy atom. The molecule has 2 aromatic rings. The van der Waals surface area contributed by atoms with E-state index < -0.39 is 92.5 Å². The molecule has 2 saturated heterocycles. The Bertz CT molecular complexity index is 1550. The topological polar surface area (TPSA) is 239 Å². The van der Waals surface area contributed by atoms with Gasteiger partial charge in [0, 0.05) is 6.42 Å². The molecule has 2 aliphatic heterocycles. The van der Waals surface area contributed by atoms with Gasteiger partial charge in [-0.15, -0.1) is 0 Å². The number of esters is 2. The van der Waals surface area contributed by atoms with E-state index in [2.05, 4.69) is 6.92 Å². The molecule has 0 radical (unpaired) electrons. The molecule has 4 rings (SSSR count). The number of carboxylic acid groups (broad SMARTS) is 1. The summed E-state index contributed by atoms with van der Waals surface area (Å²) in [5.41, 5.74) is 0.308. The van der Waals surface area contributed by atoms with Gasteiger partial charge >= 0.3 is 17.9 Å². The maximum Gasteiger partial charge on any atom is 0.339 e. The molecule has 0 aliphatic carbocycles. The highest BCUT2D eigenvalue weighted by Crippen LogP contribution is 2.33. The van der Waals surface area contributed by atoms with Crippen LogP contribution in [0.3, 0.4) is 0 Å². The number of aliphatic hydroxyl groups excluding tert-OH is 6. The Kier molecular flexibility index (Phi) is 20.0. The quantitative estimate of drug-likeness (QED) is 0.0579.